The quantitative estimate of drug-likeness (QED) is 0.747. The molecule has 0 unspecified atom stereocenters. The molecular weight excluding hydrogens is 239 g/mol. The lowest BCUT2D eigenvalue weighted by atomic mass is 10.1. The molecule has 0 aliphatic heterocycles. The molecule has 0 saturated carbocycles. The van der Waals surface area contributed by atoms with Crippen molar-refractivity contribution in [3.63, 3.8) is 0 Å². The second-order valence-corrected chi connectivity index (χ2v) is 4.16. The van der Waals surface area contributed by atoms with Gasteiger partial charge in [-0.3, -0.25) is 9.89 Å². The SMILES string of the molecule is CC(C)(O)CNC(=O)c1cc(C(F)(F)F)[nH]n1. The standard InChI is InChI=1S/C9H12F3N3O2/c1-8(2,17)4-13-7(16)5-3-6(15-14-5)9(10,11)12/h3,17H,4H2,1-2H3,(H,13,16)(H,14,15). The summed E-state index contributed by atoms with van der Waals surface area (Å²) >= 11 is 0. The number of carbonyl (C=O) groups excluding carboxylic acids is 1. The Bertz CT molecular complexity index is 406. The van der Waals surface area contributed by atoms with E-state index in [9.17, 15) is 23.1 Å². The molecule has 0 saturated heterocycles. The van der Waals surface area contributed by atoms with E-state index in [1.165, 1.54) is 13.8 Å². The highest BCUT2D eigenvalue weighted by molar-refractivity contribution is 5.92. The Morgan fingerprint density at radius 1 is 1.53 bits per heavy atom. The Labute approximate surface area is 95.0 Å². The van der Waals surface area contributed by atoms with E-state index < -0.39 is 23.4 Å². The zero-order chi connectivity index (χ0) is 13.3. The third-order valence-corrected chi connectivity index (χ3v) is 1.80. The number of aliphatic hydroxyl groups is 1. The van der Waals surface area contributed by atoms with E-state index >= 15 is 0 Å². The van der Waals surface area contributed by atoms with Gasteiger partial charge in [0, 0.05) is 12.6 Å². The van der Waals surface area contributed by atoms with Crippen LogP contribution in [0.25, 0.3) is 0 Å². The fourth-order valence-electron chi connectivity index (χ4n) is 0.970. The van der Waals surface area contributed by atoms with Crippen molar-refractivity contribution in [1.29, 1.82) is 0 Å². The van der Waals surface area contributed by atoms with Crippen molar-refractivity contribution in [1.82, 2.24) is 15.5 Å². The molecule has 0 fully saturated rings. The molecule has 0 aliphatic rings. The summed E-state index contributed by atoms with van der Waals surface area (Å²) in [6.45, 7) is 2.83. The molecule has 1 rings (SSSR count). The summed E-state index contributed by atoms with van der Waals surface area (Å²) < 4.78 is 36.6. The van der Waals surface area contributed by atoms with Gasteiger partial charge in [-0.05, 0) is 13.8 Å². The topological polar surface area (TPSA) is 78.0 Å². The fraction of sp³-hybridized carbons (Fsp3) is 0.556. The molecule has 0 aromatic carbocycles. The Hall–Kier alpha value is -1.57. The molecule has 0 bridgehead atoms. The number of hydrogen-bond donors (Lipinski definition) is 3. The lowest BCUT2D eigenvalue weighted by molar-refractivity contribution is -0.141. The third kappa shape index (κ3) is 4.06. The largest absolute Gasteiger partial charge is 0.432 e. The van der Waals surface area contributed by atoms with Crippen molar-refractivity contribution in [2.24, 2.45) is 0 Å². The van der Waals surface area contributed by atoms with Crippen molar-refractivity contribution in [3.05, 3.63) is 17.5 Å². The van der Waals surface area contributed by atoms with Crippen molar-refractivity contribution >= 4 is 5.91 Å². The van der Waals surface area contributed by atoms with Gasteiger partial charge in [-0.2, -0.15) is 18.3 Å². The van der Waals surface area contributed by atoms with Crippen LogP contribution < -0.4 is 5.32 Å². The molecule has 3 N–H and O–H groups in total. The zero-order valence-corrected chi connectivity index (χ0v) is 9.22. The maximum absolute atomic E-state index is 12.2. The van der Waals surface area contributed by atoms with E-state index in [0.717, 1.165) is 0 Å². The van der Waals surface area contributed by atoms with Crippen LogP contribution in [0.15, 0.2) is 6.07 Å². The van der Waals surface area contributed by atoms with Gasteiger partial charge in [-0.15, -0.1) is 0 Å². The number of hydrogen-bond acceptors (Lipinski definition) is 3. The van der Waals surface area contributed by atoms with Gasteiger partial charge in [0.15, 0.2) is 5.69 Å². The maximum Gasteiger partial charge on any atom is 0.432 e. The number of carbonyl (C=O) groups is 1. The molecule has 8 heteroatoms. The second kappa shape index (κ2) is 4.36. The minimum Gasteiger partial charge on any atom is -0.389 e. The molecule has 17 heavy (non-hydrogen) atoms. The first-order valence-corrected chi connectivity index (χ1v) is 4.73. The van der Waals surface area contributed by atoms with Crippen molar-refractivity contribution in [2.75, 3.05) is 6.54 Å². The smallest absolute Gasteiger partial charge is 0.389 e. The van der Waals surface area contributed by atoms with Crippen LogP contribution in [0, 0.1) is 0 Å². The highest BCUT2D eigenvalue weighted by atomic mass is 19.4. The summed E-state index contributed by atoms with van der Waals surface area (Å²) in [4.78, 5) is 11.4. The number of aromatic amines is 1. The number of aromatic nitrogens is 2. The van der Waals surface area contributed by atoms with Crippen molar-refractivity contribution < 1.29 is 23.1 Å². The Kier molecular flexibility index (Phi) is 3.46. The van der Waals surface area contributed by atoms with Crippen LogP contribution in [0.1, 0.15) is 30.0 Å². The van der Waals surface area contributed by atoms with E-state index in [0.29, 0.717) is 6.07 Å². The Balaban J connectivity index is 2.68. The first-order chi connectivity index (χ1) is 7.59. The minimum atomic E-state index is -4.57. The molecule has 0 aliphatic carbocycles. The monoisotopic (exact) mass is 251 g/mol. The van der Waals surface area contributed by atoms with E-state index in [2.05, 4.69) is 10.4 Å². The van der Waals surface area contributed by atoms with E-state index in [4.69, 9.17) is 0 Å². The average Bonchev–Trinajstić information content (AvgIpc) is 2.60. The van der Waals surface area contributed by atoms with E-state index in [-0.39, 0.29) is 12.2 Å². The summed E-state index contributed by atoms with van der Waals surface area (Å²) in [6.07, 6.45) is -4.57. The number of nitrogens with one attached hydrogen (secondary N) is 2. The van der Waals surface area contributed by atoms with E-state index in [1.807, 2.05) is 0 Å². The molecule has 1 aromatic heterocycles. The van der Waals surface area contributed by atoms with Gasteiger partial charge in [0.1, 0.15) is 5.69 Å². The summed E-state index contributed by atoms with van der Waals surface area (Å²) in [5, 5.41) is 16.6. The predicted octanol–water partition coefficient (Wildman–Crippen LogP) is 0.929. The molecule has 1 aromatic rings. The molecule has 96 valence electrons. The van der Waals surface area contributed by atoms with E-state index in [1.54, 1.807) is 5.10 Å². The van der Waals surface area contributed by atoms with Gasteiger partial charge in [0.25, 0.3) is 5.91 Å². The number of nitrogens with zero attached hydrogens (tertiary/aromatic N) is 1. The number of amides is 1. The van der Waals surface area contributed by atoms with Gasteiger partial charge in [-0.1, -0.05) is 0 Å². The van der Waals surface area contributed by atoms with Crippen molar-refractivity contribution in [2.45, 2.75) is 25.6 Å². The van der Waals surface area contributed by atoms with Crippen LogP contribution in [0.4, 0.5) is 13.2 Å². The molecule has 0 spiro atoms. The fourth-order valence-corrected chi connectivity index (χ4v) is 0.970. The van der Waals surface area contributed by atoms with Crippen LogP contribution >= 0.6 is 0 Å². The van der Waals surface area contributed by atoms with Gasteiger partial charge >= 0.3 is 6.18 Å². The van der Waals surface area contributed by atoms with Crippen LogP contribution in [-0.2, 0) is 6.18 Å². The lowest BCUT2D eigenvalue weighted by Gasteiger charge is -2.16. The lowest BCUT2D eigenvalue weighted by Crippen LogP contribution is -2.38. The average molecular weight is 251 g/mol. The normalized spacial score (nSPS) is 12.6. The van der Waals surface area contributed by atoms with Crippen LogP contribution in [0.2, 0.25) is 0 Å². The number of rotatable bonds is 3. The highest BCUT2D eigenvalue weighted by Crippen LogP contribution is 2.27. The number of H-pyrrole nitrogens is 1. The highest BCUT2D eigenvalue weighted by Gasteiger charge is 2.33. The summed E-state index contributed by atoms with van der Waals surface area (Å²) in [7, 11) is 0. The maximum atomic E-state index is 12.2. The summed E-state index contributed by atoms with van der Waals surface area (Å²) in [5.74, 6) is -0.779. The Morgan fingerprint density at radius 3 is 2.53 bits per heavy atom. The molecule has 0 atom stereocenters. The summed E-state index contributed by atoms with van der Waals surface area (Å²) in [6, 6.07) is 0.611. The zero-order valence-electron chi connectivity index (χ0n) is 9.22. The third-order valence-electron chi connectivity index (χ3n) is 1.80. The van der Waals surface area contributed by atoms with Crippen LogP contribution in [-0.4, -0.2) is 33.4 Å². The first kappa shape index (κ1) is 13.5. The van der Waals surface area contributed by atoms with Crippen LogP contribution in [0.5, 0.6) is 0 Å². The minimum absolute atomic E-state index is 0.0833. The number of halogens is 3. The van der Waals surface area contributed by atoms with Crippen molar-refractivity contribution in [3.8, 4) is 0 Å². The molecule has 5 nitrogen and oxygen atoms in total. The summed E-state index contributed by atoms with van der Waals surface area (Å²) in [5.41, 5.74) is -2.61. The van der Waals surface area contributed by atoms with Gasteiger partial charge in [-0.25, -0.2) is 0 Å². The Morgan fingerprint density at radius 2 is 2.12 bits per heavy atom. The predicted molar refractivity (Wildman–Crippen MR) is 52.2 cm³/mol. The second-order valence-electron chi connectivity index (χ2n) is 4.16. The molecule has 1 heterocycles. The first-order valence-electron chi connectivity index (χ1n) is 4.73. The molecule has 0 radical (unpaired) electrons. The molecule has 1 amide bonds. The number of alkyl halides is 3. The van der Waals surface area contributed by atoms with Gasteiger partial charge in [0.2, 0.25) is 0 Å². The van der Waals surface area contributed by atoms with Gasteiger partial charge < -0.3 is 10.4 Å². The van der Waals surface area contributed by atoms with Crippen LogP contribution in [0.3, 0.4) is 0 Å². The molecular formula is C9H12F3N3O2. The van der Waals surface area contributed by atoms with Gasteiger partial charge in [0.05, 0.1) is 5.60 Å².